The van der Waals surface area contributed by atoms with E-state index in [-0.39, 0.29) is 22.4 Å². The number of anilines is 1. The Labute approximate surface area is 187 Å². The average Bonchev–Trinajstić information content (AvgIpc) is 2.92. The van der Waals surface area contributed by atoms with Gasteiger partial charge in [-0.15, -0.1) is 4.40 Å². The number of amides is 2. The third-order valence-corrected chi connectivity index (χ3v) is 7.99. The van der Waals surface area contributed by atoms with E-state index < -0.39 is 27.4 Å². The molecule has 2 amide bonds. The van der Waals surface area contributed by atoms with E-state index in [2.05, 4.69) is 9.71 Å². The minimum atomic E-state index is -4.03. The maximum Gasteiger partial charge on any atom is 0.286 e. The number of rotatable bonds is 4. The number of hydrogen-bond acceptors (Lipinski definition) is 6. The van der Waals surface area contributed by atoms with Gasteiger partial charge < -0.3 is 15.1 Å². The smallest absolute Gasteiger partial charge is 0.286 e. The summed E-state index contributed by atoms with van der Waals surface area (Å²) in [5, 5.41) is 2.93. The Hall–Kier alpha value is -2.75. The molecule has 1 unspecified atom stereocenters. The van der Waals surface area contributed by atoms with Gasteiger partial charge in [-0.2, -0.15) is 8.42 Å². The van der Waals surface area contributed by atoms with Crippen molar-refractivity contribution in [1.82, 2.24) is 9.80 Å². The van der Waals surface area contributed by atoms with Crippen molar-refractivity contribution in [3.05, 3.63) is 24.3 Å². The summed E-state index contributed by atoms with van der Waals surface area (Å²) in [6.45, 7) is 6.72. The van der Waals surface area contributed by atoms with Crippen LogP contribution in [0.3, 0.4) is 0 Å². The van der Waals surface area contributed by atoms with E-state index in [1.54, 1.807) is 28.0 Å². The van der Waals surface area contributed by atoms with E-state index >= 15 is 0 Å². The maximum absolute atomic E-state index is 13.8. The average molecular weight is 461 g/mol. The minimum absolute atomic E-state index is 0.0165. The number of benzene rings is 1. The van der Waals surface area contributed by atoms with Gasteiger partial charge in [-0.3, -0.25) is 14.4 Å². The van der Waals surface area contributed by atoms with Crippen molar-refractivity contribution in [3.8, 4) is 0 Å². The fraction of sp³-hybridized carbons (Fsp3) is 0.545. The zero-order chi connectivity index (χ0) is 23.3. The molecule has 1 aromatic rings. The Morgan fingerprint density at radius 2 is 1.88 bits per heavy atom. The number of carbonyl (C=O) groups excluding carboxylic acids is 3. The zero-order valence-electron chi connectivity index (χ0n) is 18.5. The van der Waals surface area contributed by atoms with Gasteiger partial charge in [0, 0.05) is 26.6 Å². The maximum atomic E-state index is 13.8. The van der Waals surface area contributed by atoms with Gasteiger partial charge in [0.2, 0.25) is 11.8 Å². The Morgan fingerprint density at radius 1 is 1.22 bits per heavy atom. The molecule has 1 spiro atoms. The number of nitrogens with zero attached hydrogens (tertiary/aromatic N) is 3. The summed E-state index contributed by atoms with van der Waals surface area (Å²) in [6, 6.07) is 6.29. The van der Waals surface area contributed by atoms with Gasteiger partial charge in [-0.25, -0.2) is 0 Å². The SMILES string of the molecule is CC(=O)N1CCC2(CC1)C(=O)C(C1=NS(=O)(=O)c3ccccc3N1)C(=O)N2CCC(C)C. The van der Waals surface area contributed by atoms with Crippen molar-refractivity contribution in [2.24, 2.45) is 16.2 Å². The quantitative estimate of drug-likeness (QED) is 0.683. The molecule has 10 heteroatoms. The number of nitrogens with one attached hydrogen (secondary N) is 1. The molecule has 3 aliphatic heterocycles. The highest BCUT2D eigenvalue weighted by Gasteiger charge is 2.60. The van der Waals surface area contributed by atoms with Gasteiger partial charge in [0.15, 0.2) is 11.7 Å². The molecule has 2 saturated heterocycles. The summed E-state index contributed by atoms with van der Waals surface area (Å²) in [6.07, 6.45) is 1.38. The van der Waals surface area contributed by atoms with Crippen molar-refractivity contribution in [2.75, 3.05) is 25.0 Å². The summed E-state index contributed by atoms with van der Waals surface area (Å²) >= 11 is 0. The molecule has 0 aromatic heterocycles. The van der Waals surface area contributed by atoms with Crippen molar-refractivity contribution < 1.29 is 22.8 Å². The lowest BCUT2D eigenvalue weighted by atomic mass is 9.81. The van der Waals surface area contributed by atoms with Gasteiger partial charge in [0.1, 0.15) is 16.3 Å². The van der Waals surface area contributed by atoms with Crippen LogP contribution in [0.25, 0.3) is 0 Å². The molecule has 172 valence electrons. The monoisotopic (exact) mass is 460 g/mol. The first-order chi connectivity index (χ1) is 15.1. The first-order valence-electron chi connectivity index (χ1n) is 10.9. The van der Waals surface area contributed by atoms with Crippen LogP contribution in [0.4, 0.5) is 5.69 Å². The molecule has 2 fully saturated rings. The van der Waals surface area contributed by atoms with Crippen LogP contribution in [0.1, 0.15) is 40.0 Å². The third-order valence-electron chi connectivity index (χ3n) is 6.64. The molecule has 1 atom stereocenters. The number of piperidine rings is 1. The fourth-order valence-electron chi connectivity index (χ4n) is 4.80. The lowest BCUT2D eigenvalue weighted by Crippen LogP contribution is -2.57. The van der Waals surface area contributed by atoms with E-state index in [9.17, 15) is 22.8 Å². The Kier molecular flexibility index (Phi) is 5.60. The molecule has 9 nitrogen and oxygen atoms in total. The molecule has 1 aromatic carbocycles. The van der Waals surface area contributed by atoms with Gasteiger partial charge in [-0.05, 0) is 37.3 Å². The largest absolute Gasteiger partial charge is 0.343 e. The van der Waals surface area contributed by atoms with Crippen LogP contribution < -0.4 is 5.32 Å². The Morgan fingerprint density at radius 3 is 2.50 bits per heavy atom. The van der Waals surface area contributed by atoms with Crippen LogP contribution in [0.5, 0.6) is 0 Å². The van der Waals surface area contributed by atoms with Crippen LogP contribution in [0, 0.1) is 11.8 Å². The number of fused-ring (bicyclic) bond motifs is 1. The predicted molar refractivity (Wildman–Crippen MR) is 119 cm³/mol. The van der Waals surface area contributed by atoms with Gasteiger partial charge >= 0.3 is 0 Å². The van der Waals surface area contributed by atoms with Gasteiger partial charge in [0.25, 0.3) is 10.0 Å². The van der Waals surface area contributed by atoms with Crippen LogP contribution in [0.15, 0.2) is 33.6 Å². The molecular weight excluding hydrogens is 432 g/mol. The molecule has 0 radical (unpaired) electrons. The number of amidine groups is 1. The second kappa shape index (κ2) is 7.99. The minimum Gasteiger partial charge on any atom is -0.343 e. The molecule has 1 N–H and O–H groups in total. The standard InChI is InChI=1S/C22H28N4O5S/c1-14(2)8-11-26-21(29)18(19(28)22(26)9-12-25(13-10-22)15(3)27)20-23-16-6-4-5-7-17(16)32(30,31)24-20/h4-7,14,18H,8-13H2,1-3H3,(H,23,24). The third kappa shape index (κ3) is 3.60. The number of Topliss-reactive ketones (excluding diaryl/α,β-unsaturated/α-hetero) is 1. The first-order valence-corrected chi connectivity index (χ1v) is 12.3. The van der Waals surface area contributed by atoms with E-state index in [4.69, 9.17) is 0 Å². The van der Waals surface area contributed by atoms with Crippen molar-refractivity contribution in [2.45, 2.75) is 50.5 Å². The Balaban J connectivity index is 1.72. The predicted octanol–water partition coefficient (Wildman–Crippen LogP) is 1.65. The summed E-state index contributed by atoms with van der Waals surface area (Å²) in [4.78, 5) is 42.4. The van der Waals surface area contributed by atoms with Crippen LogP contribution >= 0.6 is 0 Å². The van der Waals surface area contributed by atoms with Gasteiger partial charge in [0.05, 0.1) is 5.69 Å². The van der Waals surface area contributed by atoms with Crippen LogP contribution in [-0.2, 0) is 24.4 Å². The number of para-hydroxylation sites is 1. The molecule has 0 saturated carbocycles. The van der Waals surface area contributed by atoms with E-state index in [0.717, 1.165) is 0 Å². The molecule has 0 bridgehead atoms. The lowest BCUT2D eigenvalue weighted by Gasteiger charge is -2.43. The van der Waals surface area contributed by atoms with Crippen molar-refractivity contribution >= 4 is 39.1 Å². The molecule has 3 heterocycles. The highest BCUT2D eigenvalue weighted by atomic mass is 32.2. The van der Waals surface area contributed by atoms with Crippen LogP contribution in [0.2, 0.25) is 0 Å². The normalized spacial score (nSPS) is 23.9. The second-order valence-electron chi connectivity index (χ2n) is 9.08. The second-order valence-corrected chi connectivity index (χ2v) is 10.7. The van der Waals surface area contributed by atoms with E-state index in [1.807, 2.05) is 13.8 Å². The summed E-state index contributed by atoms with van der Waals surface area (Å²) in [5.74, 6) is -1.94. The molecule has 32 heavy (non-hydrogen) atoms. The first kappa shape index (κ1) is 22.4. The summed E-state index contributed by atoms with van der Waals surface area (Å²) in [5.41, 5.74) is -0.743. The Bertz CT molecular complexity index is 1100. The number of carbonyl (C=O) groups is 3. The van der Waals surface area contributed by atoms with E-state index in [0.29, 0.717) is 50.5 Å². The molecule has 3 aliphatic rings. The number of ketones is 1. The molecule has 4 rings (SSSR count). The van der Waals surface area contributed by atoms with E-state index in [1.165, 1.54) is 13.0 Å². The number of hydrogen-bond donors (Lipinski definition) is 1. The highest BCUT2D eigenvalue weighted by Crippen LogP contribution is 2.41. The molecule has 0 aliphatic carbocycles. The summed E-state index contributed by atoms with van der Waals surface area (Å²) < 4.78 is 29.3. The van der Waals surface area contributed by atoms with Crippen LogP contribution in [-0.4, -0.2) is 66.8 Å². The van der Waals surface area contributed by atoms with Gasteiger partial charge in [-0.1, -0.05) is 26.0 Å². The topological polar surface area (TPSA) is 116 Å². The fourth-order valence-corrected chi connectivity index (χ4v) is 5.96. The van der Waals surface area contributed by atoms with Crippen molar-refractivity contribution in [3.63, 3.8) is 0 Å². The number of sulfonamides is 1. The number of likely N-dealkylation sites (tertiary alicyclic amines) is 2. The van der Waals surface area contributed by atoms with Crippen molar-refractivity contribution in [1.29, 1.82) is 0 Å². The summed E-state index contributed by atoms with van der Waals surface area (Å²) in [7, 11) is -4.03. The molecular formula is C22H28N4O5S. The lowest BCUT2D eigenvalue weighted by molar-refractivity contribution is -0.139. The zero-order valence-corrected chi connectivity index (χ0v) is 19.3. The highest BCUT2D eigenvalue weighted by molar-refractivity contribution is 7.90.